The highest BCUT2D eigenvalue weighted by Crippen LogP contribution is 2.22. The van der Waals surface area contributed by atoms with Crippen LogP contribution in [0.4, 0.5) is 0 Å². The molecule has 1 atom stereocenters. The average Bonchev–Trinajstić information content (AvgIpc) is 3.04. The highest BCUT2D eigenvalue weighted by Gasteiger charge is 2.19. The SMILES string of the molecule is Cc1cccc(C(=O)NC(Cc2nc3ccccc3n2C)c2ccccc2)c1. The molecule has 4 nitrogen and oxygen atoms in total. The summed E-state index contributed by atoms with van der Waals surface area (Å²) in [5.74, 6) is 0.871. The molecule has 0 fully saturated rings. The van der Waals surface area contributed by atoms with Gasteiger partial charge in [-0.3, -0.25) is 4.79 Å². The minimum Gasteiger partial charge on any atom is -0.345 e. The highest BCUT2D eigenvalue weighted by molar-refractivity contribution is 5.94. The van der Waals surface area contributed by atoms with E-state index in [1.807, 2.05) is 86.8 Å². The number of nitrogens with zero attached hydrogens (tertiary/aromatic N) is 2. The van der Waals surface area contributed by atoms with E-state index in [2.05, 4.69) is 16.0 Å². The van der Waals surface area contributed by atoms with Gasteiger partial charge in [-0.05, 0) is 36.8 Å². The maximum atomic E-state index is 12.9. The van der Waals surface area contributed by atoms with Crippen molar-refractivity contribution in [1.82, 2.24) is 14.9 Å². The Bertz CT molecular complexity index is 1120. The zero-order chi connectivity index (χ0) is 19.5. The second-order valence-corrected chi connectivity index (χ2v) is 7.09. The van der Waals surface area contributed by atoms with Crippen LogP contribution in [0, 0.1) is 6.92 Å². The summed E-state index contributed by atoms with van der Waals surface area (Å²) in [5.41, 5.74) is 4.87. The maximum Gasteiger partial charge on any atom is 0.251 e. The van der Waals surface area contributed by atoms with Gasteiger partial charge in [0, 0.05) is 19.0 Å². The van der Waals surface area contributed by atoms with E-state index >= 15 is 0 Å². The smallest absolute Gasteiger partial charge is 0.251 e. The van der Waals surface area contributed by atoms with Crippen LogP contribution >= 0.6 is 0 Å². The first kappa shape index (κ1) is 18.0. The summed E-state index contributed by atoms with van der Waals surface area (Å²) in [5, 5.41) is 3.20. The Kier molecular flexibility index (Phi) is 4.94. The van der Waals surface area contributed by atoms with Gasteiger partial charge in [0.1, 0.15) is 5.82 Å². The van der Waals surface area contributed by atoms with Crippen LogP contribution in [0.3, 0.4) is 0 Å². The first-order valence-electron chi connectivity index (χ1n) is 9.44. The molecule has 140 valence electrons. The van der Waals surface area contributed by atoms with Gasteiger partial charge in [0.25, 0.3) is 5.91 Å². The van der Waals surface area contributed by atoms with Crippen molar-refractivity contribution in [2.75, 3.05) is 0 Å². The number of carbonyl (C=O) groups is 1. The summed E-state index contributed by atoms with van der Waals surface area (Å²) in [6.45, 7) is 1.99. The van der Waals surface area contributed by atoms with Crippen molar-refractivity contribution in [3.8, 4) is 0 Å². The first-order valence-corrected chi connectivity index (χ1v) is 9.44. The Hall–Kier alpha value is -3.40. The fourth-order valence-electron chi connectivity index (χ4n) is 3.53. The van der Waals surface area contributed by atoms with Crippen LogP contribution in [0.2, 0.25) is 0 Å². The quantitative estimate of drug-likeness (QED) is 0.559. The Morgan fingerprint density at radius 2 is 1.75 bits per heavy atom. The van der Waals surface area contributed by atoms with Crippen molar-refractivity contribution in [2.45, 2.75) is 19.4 Å². The largest absolute Gasteiger partial charge is 0.345 e. The number of carbonyl (C=O) groups excluding carboxylic acids is 1. The van der Waals surface area contributed by atoms with Gasteiger partial charge >= 0.3 is 0 Å². The third-order valence-electron chi connectivity index (χ3n) is 5.05. The molecular formula is C24H23N3O. The Labute approximate surface area is 164 Å². The molecule has 4 aromatic rings. The number of rotatable bonds is 5. The molecule has 4 heteroatoms. The molecule has 1 aromatic heterocycles. The molecule has 1 heterocycles. The molecule has 0 aliphatic rings. The first-order chi connectivity index (χ1) is 13.6. The van der Waals surface area contributed by atoms with Gasteiger partial charge in [-0.15, -0.1) is 0 Å². The Morgan fingerprint density at radius 1 is 1.00 bits per heavy atom. The molecule has 28 heavy (non-hydrogen) atoms. The molecule has 3 aromatic carbocycles. The average molecular weight is 369 g/mol. The predicted molar refractivity (Wildman–Crippen MR) is 112 cm³/mol. The molecule has 0 saturated carbocycles. The molecule has 1 unspecified atom stereocenters. The second-order valence-electron chi connectivity index (χ2n) is 7.09. The third-order valence-corrected chi connectivity index (χ3v) is 5.05. The van der Waals surface area contributed by atoms with Gasteiger partial charge < -0.3 is 9.88 Å². The summed E-state index contributed by atoms with van der Waals surface area (Å²) in [6, 6.07) is 25.7. The Balaban J connectivity index is 1.66. The fourth-order valence-corrected chi connectivity index (χ4v) is 3.53. The number of fused-ring (bicyclic) bond motifs is 1. The molecule has 0 saturated heterocycles. The highest BCUT2D eigenvalue weighted by atomic mass is 16.1. The van der Waals surface area contributed by atoms with E-state index in [9.17, 15) is 4.79 Å². The molecule has 0 aliphatic carbocycles. The van der Waals surface area contributed by atoms with Gasteiger partial charge in [-0.1, -0.05) is 60.2 Å². The normalized spacial score (nSPS) is 12.1. The monoisotopic (exact) mass is 369 g/mol. The van der Waals surface area contributed by atoms with E-state index in [4.69, 9.17) is 4.98 Å². The number of amides is 1. The fraction of sp³-hybridized carbons (Fsp3) is 0.167. The van der Waals surface area contributed by atoms with Crippen LogP contribution in [-0.4, -0.2) is 15.5 Å². The molecule has 1 N–H and O–H groups in total. The van der Waals surface area contributed by atoms with Gasteiger partial charge in [0.2, 0.25) is 0 Å². The third kappa shape index (κ3) is 3.67. The molecule has 0 spiro atoms. The molecule has 1 amide bonds. The van der Waals surface area contributed by atoms with Crippen molar-refractivity contribution in [2.24, 2.45) is 7.05 Å². The summed E-state index contributed by atoms with van der Waals surface area (Å²) in [7, 11) is 2.02. The lowest BCUT2D eigenvalue weighted by Crippen LogP contribution is -2.30. The number of hydrogen-bond donors (Lipinski definition) is 1. The minimum absolute atomic E-state index is 0.0729. The van der Waals surface area contributed by atoms with E-state index in [0.717, 1.165) is 28.0 Å². The van der Waals surface area contributed by atoms with Crippen molar-refractivity contribution in [3.05, 3.63) is 101 Å². The molecule has 0 bridgehead atoms. The molecule has 4 rings (SSSR count). The van der Waals surface area contributed by atoms with E-state index < -0.39 is 0 Å². The minimum atomic E-state index is -0.162. The van der Waals surface area contributed by atoms with Crippen molar-refractivity contribution >= 4 is 16.9 Å². The van der Waals surface area contributed by atoms with E-state index in [-0.39, 0.29) is 11.9 Å². The van der Waals surface area contributed by atoms with Crippen LogP contribution in [0.5, 0.6) is 0 Å². The lowest BCUT2D eigenvalue weighted by molar-refractivity contribution is 0.0936. The number of benzene rings is 3. The van der Waals surface area contributed by atoms with Gasteiger partial charge in [-0.25, -0.2) is 4.98 Å². The van der Waals surface area contributed by atoms with Gasteiger partial charge in [0.05, 0.1) is 17.1 Å². The van der Waals surface area contributed by atoms with Crippen LogP contribution in [0.25, 0.3) is 11.0 Å². The van der Waals surface area contributed by atoms with E-state index in [0.29, 0.717) is 12.0 Å². The zero-order valence-electron chi connectivity index (χ0n) is 16.1. The lowest BCUT2D eigenvalue weighted by atomic mass is 10.0. The lowest BCUT2D eigenvalue weighted by Gasteiger charge is -2.19. The van der Waals surface area contributed by atoms with Crippen molar-refractivity contribution in [3.63, 3.8) is 0 Å². The topological polar surface area (TPSA) is 46.9 Å². The molecular weight excluding hydrogens is 346 g/mol. The van der Waals surface area contributed by atoms with Gasteiger partial charge in [-0.2, -0.15) is 0 Å². The predicted octanol–water partition coefficient (Wildman–Crippen LogP) is 4.60. The number of aromatic nitrogens is 2. The van der Waals surface area contributed by atoms with Gasteiger partial charge in [0.15, 0.2) is 0 Å². The van der Waals surface area contributed by atoms with Crippen LogP contribution in [-0.2, 0) is 13.5 Å². The summed E-state index contributed by atoms with van der Waals surface area (Å²) < 4.78 is 2.10. The number of imidazole rings is 1. The Morgan fingerprint density at radius 3 is 2.50 bits per heavy atom. The van der Waals surface area contributed by atoms with Crippen LogP contribution in [0.15, 0.2) is 78.9 Å². The van der Waals surface area contributed by atoms with Crippen LogP contribution in [0.1, 0.15) is 33.4 Å². The molecule has 0 aliphatic heterocycles. The summed E-state index contributed by atoms with van der Waals surface area (Å²) >= 11 is 0. The zero-order valence-corrected chi connectivity index (χ0v) is 16.1. The number of para-hydroxylation sites is 2. The van der Waals surface area contributed by atoms with E-state index in [1.165, 1.54) is 0 Å². The summed E-state index contributed by atoms with van der Waals surface area (Å²) in [6.07, 6.45) is 0.618. The van der Waals surface area contributed by atoms with Crippen LogP contribution < -0.4 is 5.32 Å². The second kappa shape index (κ2) is 7.69. The number of hydrogen-bond acceptors (Lipinski definition) is 2. The maximum absolute atomic E-state index is 12.9. The van der Waals surface area contributed by atoms with Crippen molar-refractivity contribution < 1.29 is 4.79 Å². The van der Waals surface area contributed by atoms with Crippen molar-refractivity contribution in [1.29, 1.82) is 0 Å². The number of aryl methyl sites for hydroxylation is 2. The summed E-state index contributed by atoms with van der Waals surface area (Å²) in [4.78, 5) is 17.7. The number of nitrogens with one attached hydrogen (secondary N) is 1. The van der Waals surface area contributed by atoms with E-state index in [1.54, 1.807) is 0 Å². The standard InChI is InChI=1S/C24H23N3O/c1-17-9-8-12-19(15-17)24(28)26-21(18-10-4-3-5-11-18)16-23-25-20-13-6-7-14-22(20)27(23)2/h3-15,21H,16H2,1-2H3,(H,26,28). The molecule has 0 radical (unpaired) electrons.